The van der Waals surface area contributed by atoms with Crippen LogP contribution in [0, 0.1) is 25.7 Å². The predicted molar refractivity (Wildman–Crippen MR) is 244 cm³/mol. The van der Waals surface area contributed by atoms with E-state index in [1.807, 2.05) is 24.3 Å². The number of nitrogens with two attached hydrogens (primary N) is 3. The van der Waals surface area contributed by atoms with Crippen LogP contribution in [0.1, 0.15) is 91.3 Å². The van der Waals surface area contributed by atoms with Crippen LogP contribution in [0.5, 0.6) is 17.2 Å². The molecule has 65 heavy (non-hydrogen) atoms. The molecule has 0 radical (unpaired) electrons. The van der Waals surface area contributed by atoms with Crippen LogP contribution < -0.4 is 36.7 Å². The van der Waals surface area contributed by atoms with Gasteiger partial charge in [-0.1, -0.05) is 26.0 Å². The summed E-state index contributed by atoms with van der Waals surface area (Å²) >= 11 is 0. The van der Waals surface area contributed by atoms with Crippen molar-refractivity contribution < 1.29 is 43.3 Å². The van der Waals surface area contributed by atoms with Gasteiger partial charge in [0.2, 0.25) is 11.8 Å². The molecule has 16 nitrogen and oxygen atoms in total. The number of likely N-dealkylation sites (N-methyl/N-ethyl adjacent to an activating group) is 1. The number of hydrogen-bond donors (Lipinski definition) is 5. The van der Waals surface area contributed by atoms with Crippen molar-refractivity contribution >= 4 is 29.4 Å². The number of rotatable bonds is 18. The third kappa shape index (κ3) is 11.4. The van der Waals surface area contributed by atoms with Gasteiger partial charge in [0, 0.05) is 67.9 Å². The number of aromatic nitrogens is 2. The van der Waals surface area contributed by atoms with Gasteiger partial charge in [-0.05, 0) is 106 Å². The molecule has 1 aromatic heterocycles. The van der Waals surface area contributed by atoms with E-state index in [-0.39, 0.29) is 69.9 Å². The molecule has 4 aromatic rings. The Hall–Kier alpha value is -6.23. The fourth-order valence-electron chi connectivity index (χ4n) is 8.41. The minimum Gasteiger partial charge on any atom is -0.492 e. The zero-order valence-corrected chi connectivity index (χ0v) is 37.9. The van der Waals surface area contributed by atoms with Crippen LogP contribution in [0.25, 0.3) is 22.5 Å². The van der Waals surface area contributed by atoms with Crippen LogP contribution in [0.4, 0.5) is 0 Å². The molecule has 0 unspecified atom stereocenters. The molecule has 6 rings (SSSR count). The Morgan fingerprint density at radius 1 is 0.877 bits per heavy atom. The summed E-state index contributed by atoms with van der Waals surface area (Å²) in [5.74, 6) is -3.14. The van der Waals surface area contributed by atoms with Gasteiger partial charge in [-0.2, -0.15) is 0 Å². The second-order valence-corrected chi connectivity index (χ2v) is 17.0. The number of Topliss-reactive ketones (excluding diaryl/α,β-unsaturated/α-hetero) is 2. The lowest BCUT2D eigenvalue weighted by atomic mass is 9.88. The van der Waals surface area contributed by atoms with Gasteiger partial charge >= 0.3 is 5.97 Å². The molecule has 2 amide bonds. The topological polar surface area (TPSA) is 252 Å². The fraction of sp³-hybridized carbons (Fsp3) is 0.449. The number of fused-ring (bicyclic) bond motifs is 5. The smallest absolute Gasteiger partial charge is 0.326 e. The van der Waals surface area contributed by atoms with Crippen LogP contribution in [-0.2, 0) is 25.6 Å². The van der Waals surface area contributed by atoms with E-state index in [1.165, 1.54) is 18.9 Å². The number of aliphatic carboxylic acids is 1. The summed E-state index contributed by atoms with van der Waals surface area (Å²) < 4.78 is 18.4. The molecular formula is C49H61N7O9. The zero-order valence-electron chi connectivity index (χ0n) is 37.9. The first-order valence-electron chi connectivity index (χ1n) is 22.3. The molecule has 4 bridgehead atoms. The monoisotopic (exact) mass is 891 g/mol. The summed E-state index contributed by atoms with van der Waals surface area (Å²) in [5, 5.41) is 12.8. The lowest BCUT2D eigenvalue weighted by Gasteiger charge is -2.32. The average Bonchev–Trinajstić information content (AvgIpc) is 4.06. The number of nitrogens with one attached hydrogen (secondary N) is 1. The average molecular weight is 892 g/mol. The standard InChI is InChI=1S/C49H61N7O9/c1-6-49(16-17-49)65-35-11-8-32(9-12-35)45-53-29(3)43(30(4)54-45)39(57)27-34(15-18-50)47(60)56(5)44-33-10-14-42(64-22-20-52)37(26-33)36-24-31(7-13-41(36)63-21-19-51)25-38(48(61)62)55-46(59)28(2)23-40(44)58/h7-14,24,26,28,34,38,44H,6,15-23,25,27,50-52H2,1-5H3,(H,55,59)(H,61,62)/t28-,34-,38+,44+/m1/s1. The molecule has 2 heterocycles. The summed E-state index contributed by atoms with van der Waals surface area (Å²) in [7, 11) is 1.49. The van der Waals surface area contributed by atoms with E-state index in [0.29, 0.717) is 56.5 Å². The van der Waals surface area contributed by atoms with E-state index in [1.54, 1.807) is 50.2 Å². The number of hydrogen-bond acceptors (Lipinski definition) is 13. The number of aryl methyl sites for hydroxylation is 2. The van der Waals surface area contributed by atoms with Crippen molar-refractivity contribution in [2.45, 2.75) is 90.3 Å². The molecule has 4 atom stereocenters. The van der Waals surface area contributed by atoms with Crippen LogP contribution in [0.3, 0.4) is 0 Å². The van der Waals surface area contributed by atoms with E-state index in [9.17, 15) is 29.1 Å². The third-order valence-corrected chi connectivity index (χ3v) is 12.2. The Bertz CT molecular complexity index is 2380. The SMILES string of the molecule is CCC1(Oc2ccc(-c3nc(C)c(C(=O)C[C@@H](CCN)C(=O)N(C)[C@@H]4C(=O)C[C@@H](C)C(=O)N[C@H](C(=O)O)Cc5ccc(OCCN)c(c5)-c5cc4ccc5OCCN)c(C)n3)cc2)CC1. The first kappa shape index (κ1) is 48.2. The van der Waals surface area contributed by atoms with E-state index < -0.39 is 47.5 Å². The van der Waals surface area contributed by atoms with Crippen LogP contribution in [0.2, 0.25) is 0 Å². The number of ether oxygens (including phenoxy) is 3. The minimum absolute atomic E-state index is 0.0652. The van der Waals surface area contributed by atoms with E-state index in [4.69, 9.17) is 41.4 Å². The van der Waals surface area contributed by atoms with Crippen molar-refractivity contribution in [2.75, 3.05) is 39.9 Å². The molecule has 1 aliphatic heterocycles. The number of carboxylic acids is 1. The van der Waals surface area contributed by atoms with Crippen molar-refractivity contribution in [1.82, 2.24) is 20.2 Å². The lowest BCUT2D eigenvalue weighted by molar-refractivity contribution is -0.144. The number of carbonyl (C=O) groups excluding carboxylic acids is 4. The molecule has 346 valence electrons. The molecular weight excluding hydrogens is 831 g/mol. The minimum atomic E-state index is -1.32. The summed E-state index contributed by atoms with van der Waals surface area (Å²) in [5.41, 5.74) is 21.6. The molecule has 16 heteroatoms. The predicted octanol–water partition coefficient (Wildman–Crippen LogP) is 4.88. The van der Waals surface area contributed by atoms with Crippen molar-refractivity contribution in [3.05, 3.63) is 88.7 Å². The lowest BCUT2D eigenvalue weighted by Crippen LogP contribution is -2.45. The number of carboxylic acid groups (broad SMARTS) is 1. The van der Waals surface area contributed by atoms with Crippen molar-refractivity contribution in [3.63, 3.8) is 0 Å². The Morgan fingerprint density at radius 3 is 2.06 bits per heavy atom. The second-order valence-electron chi connectivity index (χ2n) is 17.0. The molecule has 2 aliphatic rings. The molecule has 1 fully saturated rings. The van der Waals surface area contributed by atoms with Crippen molar-refractivity contribution in [3.8, 4) is 39.8 Å². The highest BCUT2D eigenvalue weighted by atomic mass is 16.5. The summed E-state index contributed by atoms with van der Waals surface area (Å²) in [6.45, 7) is 7.92. The molecule has 0 spiro atoms. The normalized spacial score (nSPS) is 18.4. The van der Waals surface area contributed by atoms with Gasteiger partial charge in [0.25, 0.3) is 0 Å². The third-order valence-electron chi connectivity index (χ3n) is 12.2. The maximum Gasteiger partial charge on any atom is 0.326 e. The first-order chi connectivity index (χ1) is 31.1. The number of carbonyl (C=O) groups is 5. The van der Waals surface area contributed by atoms with Gasteiger partial charge in [-0.25, -0.2) is 14.8 Å². The molecule has 8 N–H and O–H groups in total. The highest BCUT2D eigenvalue weighted by Gasteiger charge is 2.43. The van der Waals surface area contributed by atoms with E-state index in [2.05, 4.69) is 12.2 Å². The van der Waals surface area contributed by atoms with E-state index >= 15 is 0 Å². The molecule has 1 aliphatic carbocycles. The number of benzene rings is 3. The van der Waals surface area contributed by atoms with Gasteiger partial charge < -0.3 is 46.7 Å². The van der Waals surface area contributed by atoms with Crippen LogP contribution in [0.15, 0.2) is 60.7 Å². The van der Waals surface area contributed by atoms with Crippen LogP contribution >= 0.6 is 0 Å². The van der Waals surface area contributed by atoms with Gasteiger partial charge in [0.15, 0.2) is 17.4 Å². The highest BCUT2D eigenvalue weighted by molar-refractivity contribution is 6.01. The van der Waals surface area contributed by atoms with Crippen molar-refractivity contribution in [1.29, 1.82) is 0 Å². The Balaban J connectivity index is 1.35. The first-order valence-corrected chi connectivity index (χ1v) is 22.3. The molecule has 0 saturated heterocycles. The number of amides is 2. The van der Waals surface area contributed by atoms with Gasteiger partial charge in [0.1, 0.15) is 48.1 Å². The maximum atomic E-state index is 14.8. The van der Waals surface area contributed by atoms with E-state index in [0.717, 1.165) is 30.6 Å². The fourth-order valence-corrected chi connectivity index (χ4v) is 8.41. The van der Waals surface area contributed by atoms with Crippen LogP contribution in [-0.4, -0.2) is 101 Å². The zero-order chi connectivity index (χ0) is 47.0. The van der Waals surface area contributed by atoms with Gasteiger partial charge in [0.05, 0.1) is 17.0 Å². The van der Waals surface area contributed by atoms with Gasteiger partial charge in [-0.3, -0.25) is 19.2 Å². The highest BCUT2D eigenvalue weighted by Crippen LogP contribution is 2.44. The largest absolute Gasteiger partial charge is 0.492 e. The molecule has 1 saturated carbocycles. The van der Waals surface area contributed by atoms with Crippen molar-refractivity contribution in [2.24, 2.45) is 29.0 Å². The summed E-state index contributed by atoms with van der Waals surface area (Å²) in [6.07, 6.45) is 2.50. The number of ketones is 2. The molecule has 3 aromatic carbocycles. The summed E-state index contributed by atoms with van der Waals surface area (Å²) in [6, 6.07) is 15.2. The van der Waals surface area contributed by atoms with Gasteiger partial charge in [-0.15, -0.1) is 0 Å². The second kappa shape index (κ2) is 21.2. The summed E-state index contributed by atoms with van der Waals surface area (Å²) in [4.78, 5) is 80.3. The Morgan fingerprint density at radius 2 is 1.49 bits per heavy atom. The quantitative estimate of drug-likeness (QED) is 0.0836. The Labute approximate surface area is 379 Å². The maximum absolute atomic E-state index is 14.8. The Kier molecular flexibility index (Phi) is 15.7. The number of nitrogens with zero attached hydrogens (tertiary/aromatic N) is 3.